The molecule has 0 bridgehead atoms. The molecule has 1 saturated carbocycles. The van der Waals surface area contributed by atoms with Crippen LogP contribution in [0.1, 0.15) is 52.9 Å². The molecule has 1 aliphatic rings. The van der Waals surface area contributed by atoms with Gasteiger partial charge < -0.3 is 20.5 Å². The highest BCUT2D eigenvalue weighted by Crippen LogP contribution is 2.23. The average Bonchev–Trinajstić information content (AvgIpc) is 2.37. The van der Waals surface area contributed by atoms with Crippen molar-refractivity contribution in [1.29, 1.82) is 0 Å². The highest BCUT2D eigenvalue weighted by molar-refractivity contribution is 5.81. The van der Waals surface area contributed by atoms with Gasteiger partial charge in [0.1, 0.15) is 0 Å². The van der Waals surface area contributed by atoms with Crippen LogP contribution < -0.4 is 15.7 Å². The summed E-state index contributed by atoms with van der Waals surface area (Å²) in [6.07, 6.45) is 5.08. The minimum Gasteiger partial charge on any atom is -0.548 e. The molecular weight excluding hydrogens is 244 g/mol. The van der Waals surface area contributed by atoms with E-state index >= 15 is 0 Å². The molecule has 2 amide bonds. The summed E-state index contributed by atoms with van der Waals surface area (Å²) in [6.45, 7) is 5.81. The van der Waals surface area contributed by atoms with Gasteiger partial charge in [-0.15, -0.1) is 0 Å². The Morgan fingerprint density at radius 1 is 1.32 bits per heavy atom. The third-order valence-electron chi connectivity index (χ3n) is 4.18. The lowest BCUT2D eigenvalue weighted by Gasteiger charge is -2.31. The molecule has 0 saturated heterocycles. The Labute approximate surface area is 115 Å². The molecule has 110 valence electrons. The molecule has 1 fully saturated rings. The Morgan fingerprint density at radius 2 is 1.95 bits per heavy atom. The fourth-order valence-corrected chi connectivity index (χ4v) is 2.55. The normalized spacial score (nSPS) is 26.3. The van der Waals surface area contributed by atoms with Crippen LogP contribution in [-0.4, -0.2) is 24.1 Å². The van der Waals surface area contributed by atoms with Crippen LogP contribution in [0.2, 0.25) is 0 Å². The molecule has 0 spiro atoms. The molecule has 1 rings (SSSR count). The van der Waals surface area contributed by atoms with Crippen LogP contribution in [0.3, 0.4) is 0 Å². The van der Waals surface area contributed by atoms with Crippen molar-refractivity contribution in [3.63, 3.8) is 0 Å². The quantitative estimate of drug-likeness (QED) is 0.782. The Bertz CT molecular complexity index is 320. The summed E-state index contributed by atoms with van der Waals surface area (Å²) in [4.78, 5) is 22.9. The van der Waals surface area contributed by atoms with E-state index < -0.39 is 18.0 Å². The van der Waals surface area contributed by atoms with Gasteiger partial charge in [-0.05, 0) is 24.7 Å². The average molecular weight is 269 g/mol. The van der Waals surface area contributed by atoms with Gasteiger partial charge in [-0.3, -0.25) is 0 Å². The third kappa shape index (κ3) is 4.73. The van der Waals surface area contributed by atoms with Gasteiger partial charge in [0.2, 0.25) is 0 Å². The minimum atomic E-state index is -1.22. The van der Waals surface area contributed by atoms with E-state index in [9.17, 15) is 14.7 Å². The second-order valence-electron chi connectivity index (χ2n) is 5.67. The van der Waals surface area contributed by atoms with E-state index in [0.29, 0.717) is 12.3 Å². The van der Waals surface area contributed by atoms with Gasteiger partial charge in [0.25, 0.3) is 0 Å². The molecular formula is C14H25N2O3-. The van der Waals surface area contributed by atoms with Gasteiger partial charge in [0.15, 0.2) is 0 Å². The van der Waals surface area contributed by atoms with Crippen molar-refractivity contribution >= 4 is 12.0 Å². The van der Waals surface area contributed by atoms with Crippen LogP contribution in [0.4, 0.5) is 4.79 Å². The number of aliphatic carboxylic acids is 1. The van der Waals surface area contributed by atoms with Crippen molar-refractivity contribution in [2.45, 2.75) is 65.0 Å². The Morgan fingerprint density at radius 3 is 2.47 bits per heavy atom. The first-order valence-electron chi connectivity index (χ1n) is 7.23. The summed E-state index contributed by atoms with van der Waals surface area (Å²) in [5.74, 6) is -0.912. The maximum atomic E-state index is 11.9. The molecule has 0 aromatic rings. The van der Waals surface area contributed by atoms with Crippen LogP contribution in [0.15, 0.2) is 0 Å². The van der Waals surface area contributed by atoms with E-state index in [0.717, 1.165) is 19.3 Å². The van der Waals surface area contributed by atoms with Gasteiger partial charge in [-0.2, -0.15) is 0 Å². The number of carboxylic acid groups (broad SMARTS) is 1. The highest BCUT2D eigenvalue weighted by atomic mass is 16.4. The number of carbonyl (C=O) groups excluding carboxylic acids is 2. The lowest BCUT2D eigenvalue weighted by atomic mass is 9.86. The largest absolute Gasteiger partial charge is 0.548 e. The molecule has 0 aromatic carbocycles. The van der Waals surface area contributed by atoms with Crippen LogP contribution in [0.25, 0.3) is 0 Å². The summed E-state index contributed by atoms with van der Waals surface area (Å²) < 4.78 is 0. The third-order valence-corrected chi connectivity index (χ3v) is 4.18. The number of hydrogen-bond acceptors (Lipinski definition) is 3. The van der Waals surface area contributed by atoms with Crippen molar-refractivity contribution in [2.75, 3.05) is 0 Å². The van der Waals surface area contributed by atoms with Crippen LogP contribution in [0.5, 0.6) is 0 Å². The van der Waals surface area contributed by atoms with Gasteiger partial charge in [-0.25, -0.2) is 4.79 Å². The Hall–Kier alpha value is -1.26. The lowest BCUT2D eigenvalue weighted by Crippen LogP contribution is -2.56. The van der Waals surface area contributed by atoms with Crippen molar-refractivity contribution in [3.8, 4) is 0 Å². The molecule has 0 aliphatic heterocycles. The van der Waals surface area contributed by atoms with Crippen LogP contribution in [0, 0.1) is 11.8 Å². The smallest absolute Gasteiger partial charge is 0.315 e. The van der Waals surface area contributed by atoms with Gasteiger partial charge >= 0.3 is 6.03 Å². The predicted octanol–water partition coefficient (Wildman–Crippen LogP) is 1.03. The first-order chi connectivity index (χ1) is 8.95. The SMILES string of the molecule is CC[C@H](C)[C@@H](NC(=O)N[C@@H]1CCCC[C@@H]1C)C(=O)[O-]. The zero-order chi connectivity index (χ0) is 14.4. The highest BCUT2D eigenvalue weighted by Gasteiger charge is 2.25. The molecule has 5 nitrogen and oxygen atoms in total. The predicted molar refractivity (Wildman–Crippen MR) is 71.3 cm³/mol. The van der Waals surface area contributed by atoms with Crippen molar-refractivity contribution in [3.05, 3.63) is 0 Å². The molecule has 2 N–H and O–H groups in total. The molecule has 1 aliphatic carbocycles. The molecule has 0 heterocycles. The Balaban J connectivity index is 2.50. The summed E-state index contributed by atoms with van der Waals surface area (Å²) >= 11 is 0. The topological polar surface area (TPSA) is 81.3 Å². The summed E-state index contributed by atoms with van der Waals surface area (Å²) in [5.41, 5.74) is 0. The van der Waals surface area contributed by atoms with Gasteiger partial charge in [0.05, 0.1) is 12.0 Å². The van der Waals surface area contributed by atoms with Crippen LogP contribution >= 0.6 is 0 Å². The fourth-order valence-electron chi connectivity index (χ4n) is 2.55. The van der Waals surface area contributed by atoms with E-state index in [-0.39, 0.29) is 12.0 Å². The van der Waals surface area contributed by atoms with Crippen molar-refractivity contribution in [1.82, 2.24) is 10.6 Å². The van der Waals surface area contributed by atoms with Crippen LogP contribution in [-0.2, 0) is 4.79 Å². The van der Waals surface area contributed by atoms with E-state index in [1.807, 2.05) is 6.92 Å². The van der Waals surface area contributed by atoms with E-state index in [1.54, 1.807) is 6.92 Å². The van der Waals surface area contributed by atoms with Gasteiger partial charge in [0, 0.05) is 6.04 Å². The number of hydrogen-bond donors (Lipinski definition) is 2. The second kappa shape index (κ2) is 7.36. The van der Waals surface area contributed by atoms with Gasteiger partial charge in [-0.1, -0.05) is 40.0 Å². The Kier molecular flexibility index (Phi) is 6.12. The standard InChI is InChI=1S/C14H26N2O3/c1-4-9(2)12(13(17)18)16-14(19)15-11-8-6-5-7-10(11)3/h9-12H,4-8H2,1-3H3,(H,17,18)(H2,15,16,19)/p-1/t9-,10-,11+,12+/m0/s1. The maximum absolute atomic E-state index is 11.9. The summed E-state index contributed by atoms with van der Waals surface area (Å²) in [7, 11) is 0. The molecule has 0 aromatic heterocycles. The number of carbonyl (C=O) groups is 2. The zero-order valence-electron chi connectivity index (χ0n) is 12.1. The summed E-state index contributed by atoms with van der Waals surface area (Å²) in [6, 6.07) is -1.18. The lowest BCUT2D eigenvalue weighted by molar-refractivity contribution is -0.309. The van der Waals surface area contributed by atoms with E-state index in [1.165, 1.54) is 6.42 Å². The zero-order valence-corrected chi connectivity index (χ0v) is 12.1. The van der Waals surface area contributed by atoms with Crippen molar-refractivity contribution in [2.24, 2.45) is 11.8 Å². The second-order valence-corrected chi connectivity index (χ2v) is 5.67. The number of urea groups is 1. The van der Waals surface area contributed by atoms with E-state index in [2.05, 4.69) is 17.6 Å². The van der Waals surface area contributed by atoms with Crippen molar-refractivity contribution < 1.29 is 14.7 Å². The molecule has 5 heteroatoms. The maximum Gasteiger partial charge on any atom is 0.315 e. The monoisotopic (exact) mass is 269 g/mol. The number of nitrogens with one attached hydrogen (secondary N) is 2. The number of amides is 2. The van der Waals surface area contributed by atoms with E-state index in [4.69, 9.17) is 0 Å². The first-order valence-corrected chi connectivity index (χ1v) is 7.23. The minimum absolute atomic E-state index is 0.139. The molecule has 0 unspecified atom stereocenters. The fraction of sp³-hybridized carbons (Fsp3) is 0.857. The molecule has 0 radical (unpaired) electrons. The summed E-state index contributed by atoms with van der Waals surface area (Å²) in [5, 5.41) is 16.5. The first kappa shape index (κ1) is 15.8. The molecule has 4 atom stereocenters. The number of carboxylic acids is 1. The molecule has 19 heavy (non-hydrogen) atoms. The number of rotatable bonds is 5.